The first-order valence-corrected chi connectivity index (χ1v) is 12.1. The van der Waals surface area contributed by atoms with Crippen LogP contribution < -0.4 is 4.90 Å². The molecule has 0 amide bonds. The molecule has 0 unspecified atom stereocenters. The summed E-state index contributed by atoms with van der Waals surface area (Å²) in [6.07, 6.45) is 4.78. The molecule has 0 spiro atoms. The first kappa shape index (κ1) is 26.3. The molecule has 8 heteroatoms. The second-order valence-electron chi connectivity index (χ2n) is 8.45. The second kappa shape index (κ2) is 12.4. The number of anilines is 2. The quantitative estimate of drug-likeness (QED) is 0.305. The second-order valence-corrected chi connectivity index (χ2v) is 8.86. The number of ether oxygens (including phenoxy) is 1. The number of nitriles is 1. The summed E-state index contributed by atoms with van der Waals surface area (Å²) in [6, 6.07) is 14.0. The molecule has 3 rings (SSSR count). The lowest BCUT2D eigenvalue weighted by atomic mass is 10.0. The number of aryl methyl sites for hydroxylation is 3. The van der Waals surface area contributed by atoms with Crippen LogP contribution in [0.3, 0.4) is 0 Å². The highest BCUT2D eigenvalue weighted by atomic mass is 35.5. The number of carboxylic acids is 1. The summed E-state index contributed by atoms with van der Waals surface area (Å²) >= 11 is 6.31. The van der Waals surface area contributed by atoms with E-state index in [1.165, 1.54) is 0 Å². The fourth-order valence-electron chi connectivity index (χ4n) is 4.04. The van der Waals surface area contributed by atoms with Gasteiger partial charge in [0.1, 0.15) is 12.7 Å². The molecular formula is C27H31ClN4O3. The molecule has 0 aliphatic rings. The minimum atomic E-state index is -0.938. The number of rotatable bonds is 12. The third-order valence-electron chi connectivity index (χ3n) is 5.82. The predicted molar refractivity (Wildman–Crippen MR) is 138 cm³/mol. The van der Waals surface area contributed by atoms with Crippen molar-refractivity contribution in [1.29, 1.82) is 5.26 Å². The van der Waals surface area contributed by atoms with E-state index in [2.05, 4.69) is 56.1 Å². The van der Waals surface area contributed by atoms with Crippen molar-refractivity contribution in [2.45, 2.75) is 46.6 Å². The Morgan fingerprint density at radius 3 is 2.66 bits per heavy atom. The fraction of sp³-hybridized carbons (Fsp3) is 0.370. The maximum absolute atomic E-state index is 10.5. The third-order valence-corrected chi connectivity index (χ3v) is 6.13. The van der Waals surface area contributed by atoms with E-state index >= 15 is 0 Å². The summed E-state index contributed by atoms with van der Waals surface area (Å²) in [6.45, 7) is 7.99. The Kier molecular flexibility index (Phi) is 9.30. The molecule has 184 valence electrons. The van der Waals surface area contributed by atoms with E-state index in [1.54, 1.807) is 6.07 Å². The molecule has 2 aromatic carbocycles. The lowest BCUT2D eigenvalue weighted by molar-refractivity contribution is -0.142. The summed E-state index contributed by atoms with van der Waals surface area (Å²) < 4.78 is 7.05. The molecule has 7 nitrogen and oxygen atoms in total. The van der Waals surface area contributed by atoms with Crippen LogP contribution in [0.4, 0.5) is 11.4 Å². The maximum atomic E-state index is 10.5. The number of unbranched alkanes of at least 4 members (excludes halogenated alkanes) is 2. The van der Waals surface area contributed by atoms with Crippen molar-refractivity contribution in [2.75, 3.05) is 24.7 Å². The Balaban J connectivity index is 1.73. The topological polar surface area (TPSA) is 91.4 Å². The van der Waals surface area contributed by atoms with Gasteiger partial charge in [-0.15, -0.1) is 0 Å². The number of hydrogen-bond donors (Lipinski definition) is 1. The van der Waals surface area contributed by atoms with Gasteiger partial charge in [0.25, 0.3) is 0 Å². The van der Waals surface area contributed by atoms with Crippen LogP contribution in [-0.4, -0.2) is 40.6 Å². The molecule has 0 saturated carbocycles. The average molecular weight is 495 g/mol. The van der Waals surface area contributed by atoms with Crippen molar-refractivity contribution >= 4 is 28.9 Å². The molecule has 0 aliphatic heterocycles. The number of carbonyl (C=O) groups is 1. The number of halogens is 1. The minimum Gasteiger partial charge on any atom is -0.480 e. The molecule has 3 aromatic rings. The van der Waals surface area contributed by atoms with E-state index in [0.717, 1.165) is 66.1 Å². The van der Waals surface area contributed by atoms with Gasteiger partial charge in [0.2, 0.25) is 0 Å². The van der Waals surface area contributed by atoms with Crippen molar-refractivity contribution in [3.63, 3.8) is 0 Å². The summed E-state index contributed by atoms with van der Waals surface area (Å²) in [5.74, 6) is -0.938. The van der Waals surface area contributed by atoms with Gasteiger partial charge in [-0.2, -0.15) is 10.4 Å². The predicted octanol–water partition coefficient (Wildman–Crippen LogP) is 6.12. The van der Waals surface area contributed by atoms with Crippen LogP contribution >= 0.6 is 11.6 Å². The molecule has 0 aliphatic carbocycles. The van der Waals surface area contributed by atoms with Gasteiger partial charge in [-0.05, 0) is 75.4 Å². The van der Waals surface area contributed by atoms with Gasteiger partial charge in [0.05, 0.1) is 16.3 Å². The van der Waals surface area contributed by atoms with E-state index in [9.17, 15) is 10.1 Å². The van der Waals surface area contributed by atoms with Crippen LogP contribution in [-0.2, 0) is 16.1 Å². The SMILES string of the molecule is CCN(c1ccc(C#N)c(Cl)c1)c1cc(-c2nn(CCCCCOCC(=O)O)cc2C)ccc1C. The number of aliphatic carboxylic acids is 1. The van der Waals surface area contributed by atoms with Gasteiger partial charge in [-0.1, -0.05) is 23.7 Å². The van der Waals surface area contributed by atoms with Gasteiger partial charge < -0.3 is 14.7 Å². The number of aromatic nitrogens is 2. The van der Waals surface area contributed by atoms with Crippen molar-refractivity contribution in [2.24, 2.45) is 0 Å². The van der Waals surface area contributed by atoms with Crippen molar-refractivity contribution in [1.82, 2.24) is 9.78 Å². The van der Waals surface area contributed by atoms with Crippen LogP contribution in [0.2, 0.25) is 5.02 Å². The monoisotopic (exact) mass is 494 g/mol. The van der Waals surface area contributed by atoms with Gasteiger partial charge >= 0.3 is 5.97 Å². The standard InChI is InChI=1S/C27H31ClN4O3/c1-4-32(23-11-10-22(16-29)24(28)15-23)25-14-21(9-8-19(25)2)27-20(3)17-31(30-27)12-6-5-7-13-35-18-26(33)34/h8-11,14-15,17H,4-7,12-13,18H2,1-3H3,(H,33,34). The fourth-order valence-corrected chi connectivity index (χ4v) is 4.25. The van der Waals surface area contributed by atoms with Crippen LogP contribution in [0.5, 0.6) is 0 Å². The number of benzene rings is 2. The van der Waals surface area contributed by atoms with Crippen LogP contribution in [0.15, 0.2) is 42.6 Å². The summed E-state index contributed by atoms with van der Waals surface area (Å²) in [7, 11) is 0. The zero-order chi connectivity index (χ0) is 25.4. The first-order valence-electron chi connectivity index (χ1n) is 11.8. The zero-order valence-corrected chi connectivity index (χ0v) is 21.2. The molecule has 1 N–H and O–H groups in total. The Morgan fingerprint density at radius 2 is 1.97 bits per heavy atom. The summed E-state index contributed by atoms with van der Waals surface area (Å²) in [5.41, 5.74) is 6.71. The number of nitrogens with zero attached hydrogens (tertiary/aromatic N) is 4. The van der Waals surface area contributed by atoms with Crippen LogP contribution in [0, 0.1) is 25.2 Å². The minimum absolute atomic E-state index is 0.242. The van der Waals surface area contributed by atoms with Gasteiger partial charge in [-0.3, -0.25) is 4.68 Å². The molecule has 0 atom stereocenters. The average Bonchev–Trinajstić information content (AvgIpc) is 3.20. The Bertz CT molecular complexity index is 1220. The third kappa shape index (κ3) is 6.84. The van der Waals surface area contributed by atoms with Crippen molar-refractivity contribution in [3.05, 3.63) is 64.3 Å². The molecule has 35 heavy (non-hydrogen) atoms. The molecular weight excluding hydrogens is 464 g/mol. The Morgan fingerprint density at radius 1 is 1.17 bits per heavy atom. The van der Waals surface area contributed by atoms with Crippen molar-refractivity contribution < 1.29 is 14.6 Å². The highest BCUT2D eigenvalue weighted by molar-refractivity contribution is 6.32. The normalized spacial score (nSPS) is 10.8. The van der Waals surface area contributed by atoms with Crippen molar-refractivity contribution in [3.8, 4) is 17.3 Å². The van der Waals surface area contributed by atoms with E-state index in [4.69, 9.17) is 26.5 Å². The zero-order valence-electron chi connectivity index (χ0n) is 20.4. The lowest BCUT2D eigenvalue weighted by Crippen LogP contribution is -2.17. The largest absolute Gasteiger partial charge is 0.480 e. The van der Waals surface area contributed by atoms with E-state index in [1.807, 2.05) is 16.8 Å². The Labute approximate surface area is 211 Å². The lowest BCUT2D eigenvalue weighted by Gasteiger charge is -2.26. The maximum Gasteiger partial charge on any atom is 0.329 e. The highest BCUT2D eigenvalue weighted by Gasteiger charge is 2.15. The number of carboxylic acid groups (broad SMARTS) is 1. The molecule has 0 radical (unpaired) electrons. The van der Waals surface area contributed by atoms with Gasteiger partial charge in [0.15, 0.2) is 0 Å². The van der Waals surface area contributed by atoms with E-state index < -0.39 is 5.97 Å². The first-order chi connectivity index (χ1) is 16.8. The highest BCUT2D eigenvalue weighted by Crippen LogP contribution is 2.34. The molecule has 0 saturated heterocycles. The molecule has 1 heterocycles. The van der Waals surface area contributed by atoms with Crippen LogP contribution in [0.1, 0.15) is 42.9 Å². The van der Waals surface area contributed by atoms with E-state index in [-0.39, 0.29) is 6.61 Å². The molecule has 1 aromatic heterocycles. The van der Waals surface area contributed by atoms with Crippen LogP contribution in [0.25, 0.3) is 11.3 Å². The molecule has 0 fully saturated rings. The van der Waals surface area contributed by atoms with Gasteiger partial charge in [0, 0.05) is 42.8 Å². The number of hydrogen-bond acceptors (Lipinski definition) is 5. The Hall–Kier alpha value is -3.34. The smallest absolute Gasteiger partial charge is 0.329 e. The van der Waals surface area contributed by atoms with Gasteiger partial charge in [-0.25, -0.2) is 4.79 Å². The molecule has 0 bridgehead atoms. The summed E-state index contributed by atoms with van der Waals surface area (Å²) in [5, 5.41) is 23.1. The summed E-state index contributed by atoms with van der Waals surface area (Å²) in [4.78, 5) is 12.7. The van der Waals surface area contributed by atoms with E-state index in [0.29, 0.717) is 17.2 Å².